The van der Waals surface area contributed by atoms with Gasteiger partial charge in [-0.3, -0.25) is 0 Å². The molecule has 12 heavy (non-hydrogen) atoms. The van der Waals surface area contributed by atoms with Gasteiger partial charge in [-0.15, -0.1) is 0 Å². The highest BCUT2D eigenvalue weighted by Gasteiger charge is 2.32. The molecule has 1 saturated heterocycles. The molecule has 1 fully saturated rings. The molecule has 1 aromatic rings. The maximum Gasteiger partial charge on any atom is 0.0406 e. The van der Waals surface area contributed by atoms with Gasteiger partial charge in [0, 0.05) is 23.5 Å². The Morgan fingerprint density at radius 3 is 2.25 bits per heavy atom. The monoisotopic (exact) mass is 181 g/mol. The lowest BCUT2D eigenvalue weighted by molar-refractivity contribution is 0.305. The molecule has 1 aromatic carbocycles. The molecular formula is C10H12ClN. The zero-order valence-corrected chi connectivity index (χ0v) is 7.86. The maximum absolute atomic E-state index is 5.81. The molecule has 0 bridgehead atoms. The fourth-order valence-corrected chi connectivity index (χ4v) is 1.68. The summed E-state index contributed by atoms with van der Waals surface area (Å²) in [7, 11) is 0. The quantitative estimate of drug-likeness (QED) is 0.701. The van der Waals surface area contributed by atoms with Gasteiger partial charge in [0.05, 0.1) is 0 Å². The van der Waals surface area contributed by atoms with Crippen LogP contribution in [0.25, 0.3) is 0 Å². The summed E-state index contributed by atoms with van der Waals surface area (Å²) in [5.41, 5.74) is 1.72. The van der Waals surface area contributed by atoms with Gasteiger partial charge in [-0.2, -0.15) is 0 Å². The van der Waals surface area contributed by atoms with Gasteiger partial charge in [-0.25, -0.2) is 0 Å². The molecule has 1 N–H and O–H groups in total. The van der Waals surface area contributed by atoms with Crippen LogP contribution in [-0.2, 0) is 5.41 Å². The van der Waals surface area contributed by atoms with Crippen molar-refractivity contribution in [1.29, 1.82) is 0 Å². The molecule has 1 heterocycles. The maximum atomic E-state index is 5.81. The molecule has 0 atom stereocenters. The normalized spacial score (nSPS) is 20.2. The fourth-order valence-electron chi connectivity index (χ4n) is 1.56. The SMILES string of the molecule is CC1(c2ccc(Cl)cc2)CNC1. The molecular weight excluding hydrogens is 170 g/mol. The van der Waals surface area contributed by atoms with E-state index in [-0.39, 0.29) is 0 Å². The van der Waals surface area contributed by atoms with Gasteiger partial charge in [0.1, 0.15) is 0 Å². The molecule has 1 aliphatic rings. The standard InChI is InChI=1S/C10H12ClN/c1-10(6-12-7-10)8-2-4-9(11)5-3-8/h2-5,12H,6-7H2,1H3. The minimum Gasteiger partial charge on any atom is -0.315 e. The van der Waals surface area contributed by atoms with Crippen LogP contribution in [-0.4, -0.2) is 13.1 Å². The summed E-state index contributed by atoms with van der Waals surface area (Å²) in [6, 6.07) is 8.15. The Morgan fingerprint density at radius 1 is 1.25 bits per heavy atom. The van der Waals surface area contributed by atoms with Crippen LogP contribution in [0.1, 0.15) is 12.5 Å². The molecule has 1 aliphatic heterocycles. The Hall–Kier alpha value is -0.530. The Morgan fingerprint density at radius 2 is 1.83 bits per heavy atom. The Bertz CT molecular complexity index is 274. The van der Waals surface area contributed by atoms with Gasteiger partial charge in [0.15, 0.2) is 0 Å². The fraction of sp³-hybridized carbons (Fsp3) is 0.400. The van der Waals surface area contributed by atoms with Crippen LogP contribution in [0.3, 0.4) is 0 Å². The lowest BCUT2D eigenvalue weighted by Gasteiger charge is -2.39. The average molecular weight is 182 g/mol. The van der Waals surface area contributed by atoms with Crippen molar-refractivity contribution in [2.75, 3.05) is 13.1 Å². The molecule has 0 spiro atoms. The van der Waals surface area contributed by atoms with Crippen LogP contribution in [0.4, 0.5) is 0 Å². The third-order valence-corrected chi connectivity index (χ3v) is 2.82. The third kappa shape index (κ3) is 1.23. The van der Waals surface area contributed by atoms with Gasteiger partial charge in [-0.1, -0.05) is 30.7 Å². The third-order valence-electron chi connectivity index (χ3n) is 2.57. The van der Waals surface area contributed by atoms with E-state index in [1.807, 2.05) is 12.1 Å². The first-order valence-electron chi connectivity index (χ1n) is 4.17. The lowest BCUT2D eigenvalue weighted by atomic mass is 9.77. The number of hydrogen-bond acceptors (Lipinski definition) is 1. The van der Waals surface area contributed by atoms with Crippen molar-refractivity contribution in [3.63, 3.8) is 0 Å². The smallest absolute Gasteiger partial charge is 0.0406 e. The van der Waals surface area contributed by atoms with Crippen LogP contribution in [0.5, 0.6) is 0 Å². The van der Waals surface area contributed by atoms with E-state index in [0.29, 0.717) is 5.41 Å². The minimum atomic E-state index is 0.338. The molecule has 0 unspecified atom stereocenters. The first-order chi connectivity index (χ1) is 5.71. The molecule has 0 aliphatic carbocycles. The van der Waals surface area contributed by atoms with Crippen LogP contribution in [0.15, 0.2) is 24.3 Å². The van der Waals surface area contributed by atoms with Crippen LogP contribution in [0.2, 0.25) is 5.02 Å². The zero-order valence-electron chi connectivity index (χ0n) is 7.10. The van der Waals surface area contributed by atoms with Gasteiger partial charge < -0.3 is 5.32 Å². The number of halogens is 1. The molecule has 0 aromatic heterocycles. The topological polar surface area (TPSA) is 12.0 Å². The highest BCUT2D eigenvalue weighted by atomic mass is 35.5. The van der Waals surface area contributed by atoms with Gasteiger partial charge >= 0.3 is 0 Å². The van der Waals surface area contributed by atoms with Crippen molar-refractivity contribution in [3.8, 4) is 0 Å². The summed E-state index contributed by atoms with van der Waals surface area (Å²) < 4.78 is 0. The predicted octanol–water partition coefficient (Wildman–Crippen LogP) is 2.20. The lowest BCUT2D eigenvalue weighted by Crippen LogP contribution is -2.54. The molecule has 0 saturated carbocycles. The summed E-state index contributed by atoms with van der Waals surface area (Å²) in [4.78, 5) is 0. The average Bonchev–Trinajstić information content (AvgIpc) is 2.02. The highest BCUT2D eigenvalue weighted by molar-refractivity contribution is 6.30. The summed E-state index contributed by atoms with van der Waals surface area (Å²) in [6.07, 6.45) is 0. The minimum absolute atomic E-state index is 0.338. The van der Waals surface area contributed by atoms with E-state index in [4.69, 9.17) is 11.6 Å². The Labute approximate surface area is 77.7 Å². The van der Waals surface area contributed by atoms with Crippen molar-refractivity contribution in [3.05, 3.63) is 34.9 Å². The number of benzene rings is 1. The second-order valence-electron chi connectivity index (χ2n) is 3.67. The van der Waals surface area contributed by atoms with Crippen molar-refractivity contribution in [2.45, 2.75) is 12.3 Å². The van der Waals surface area contributed by atoms with E-state index < -0.39 is 0 Å². The van der Waals surface area contributed by atoms with Crippen LogP contribution in [0, 0.1) is 0 Å². The Kier molecular flexibility index (Phi) is 1.85. The van der Waals surface area contributed by atoms with Crippen molar-refractivity contribution < 1.29 is 0 Å². The van der Waals surface area contributed by atoms with Crippen LogP contribution < -0.4 is 5.32 Å². The first-order valence-corrected chi connectivity index (χ1v) is 4.55. The second-order valence-corrected chi connectivity index (χ2v) is 4.11. The summed E-state index contributed by atoms with van der Waals surface area (Å²) >= 11 is 5.81. The van der Waals surface area contributed by atoms with E-state index in [9.17, 15) is 0 Å². The number of rotatable bonds is 1. The molecule has 0 radical (unpaired) electrons. The summed E-state index contributed by atoms with van der Waals surface area (Å²) in [5.74, 6) is 0. The molecule has 2 heteroatoms. The van der Waals surface area contributed by atoms with E-state index >= 15 is 0 Å². The van der Waals surface area contributed by atoms with Crippen molar-refractivity contribution in [1.82, 2.24) is 5.32 Å². The zero-order chi connectivity index (χ0) is 8.60. The largest absolute Gasteiger partial charge is 0.315 e. The van der Waals surface area contributed by atoms with E-state index in [1.165, 1.54) is 5.56 Å². The van der Waals surface area contributed by atoms with E-state index in [1.54, 1.807) is 0 Å². The van der Waals surface area contributed by atoms with Crippen molar-refractivity contribution in [2.24, 2.45) is 0 Å². The highest BCUT2D eigenvalue weighted by Crippen LogP contribution is 2.28. The van der Waals surface area contributed by atoms with E-state index in [2.05, 4.69) is 24.4 Å². The molecule has 2 rings (SSSR count). The van der Waals surface area contributed by atoms with Gasteiger partial charge in [-0.05, 0) is 17.7 Å². The molecule has 64 valence electrons. The van der Waals surface area contributed by atoms with Crippen molar-refractivity contribution >= 4 is 11.6 Å². The van der Waals surface area contributed by atoms with Gasteiger partial charge in [0.2, 0.25) is 0 Å². The molecule has 1 nitrogen and oxygen atoms in total. The van der Waals surface area contributed by atoms with Crippen LogP contribution >= 0.6 is 11.6 Å². The second kappa shape index (κ2) is 2.75. The first kappa shape index (κ1) is 8.09. The summed E-state index contributed by atoms with van der Waals surface area (Å²) in [6.45, 7) is 4.43. The van der Waals surface area contributed by atoms with E-state index in [0.717, 1.165) is 18.1 Å². The Balaban J connectivity index is 2.28. The number of hydrogen-bond donors (Lipinski definition) is 1. The number of nitrogens with one attached hydrogen (secondary N) is 1. The molecule has 0 amide bonds. The van der Waals surface area contributed by atoms with Gasteiger partial charge in [0.25, 0.3) is 0 Å². The summed E-state index contributed by atoms with van der Waals surface area (Å²) in [5, 5.41) is 4.10. The predicted molar refractivity (Wildman–Crippen MR) is 51.7 cm³/mol.